The number of rotatable bonds is 5. The number of benzene rings is 2. The molecule has 0 saturated heterocycles. The summed E-state index contributed by atoms with van der Waals surface area (Å²) in [6.07, 6.45) is 0. The zero-order valence-electron chi connectivity index (χ0n) is 11.5. The van der Waals surface area contributed by atoms with Crippen molar-refractivity contribution >= 4 is 15.7 Å². The first-order chi connectivity index (χ1) is 9.95. The van der Waals surface area contributed by atoms with Crippen LogP contribution in [0.1, 0.15) is 5.56 Å². The van der Waals surface area contributed by atoms with Crippen LogP contribution in [-0.2, 0) is 10.0 Å². The number of anilines is 1. The summed E-state index contributed by atoms with van der Waals surface area (Å²) in [5.74, 6) is -0.533. The van der Waals surface area contributed by atoms with Gasteiger partial charge in [0.1, 0.15) is 5.82 Å². The molecule has 0 spiro atoms. The maximum absolute atomic E-state index is 13.3. The fourth-order valence-electron chi connectivity index (χ4n) is 1.95. The van der Waals surface area contributed by atoms with Gasteiger partial charge in [-0.2, -0.15) is 0 Å². The summed E-state index contributed by atoms with van der Waals surface area (Å²) < 4.78 is 39.6. The Labute approximate surface area is 123 Å². The molecule has 2 rings (SSSR count). The number of nitrogens with zero attached hydrogens (tertiary/aromatic N) is 1. The van der Waals surface area contributed by atoms with Crippen LogP contribution in [0.4, 0.5) is 10.1 Å². The largest absolute Gasteiger partial charge is 0.394 e. The zero-order valence-corrected chi connectivity index (χ0v) is 12.3. The predicted octanol–water partition coefficient (Wildman–Crippen LogP) is 2.32. The van der Waals surface area contributed by atoms with Gasteiger partial charge in [0, 0.05) is 0 Å². The minimum atomic E-state index is -3.84. The van der Waals surface area contributed by atoms with E-state index in [1.54, 1.807) is 12.1 Å². The summed E-state index contributed by atoms with van der Waals surface area (Å²) in [7, 11) is -3.84. The molecule has 6 heteroatoms. The standard InChI is InChI=1S/C15H16FNO3S/c1-12-5-7-15(8-6-12)21(19,20)17(9-10-18)14-4-2-3-13(16)11-14/h2-8,11,18H,9-10H2,1H3. The molecule has 0 radical (unpaired) electrons. The van der Waals surface area contributed by atoms with Crippen LogP contribution >= 0.6 is 0 Å². The second-order valence-electron chi connectivity index (χ2n) is 4.59. The van der Waals surface area contributed by atoms with Crippen molar-refractivity contribution in [2.24, 2.45) is 0 Å². The van der Waals surface area contributed by atoms with Crippen molar-refractivity contribution < 1.29 is 17.9 Å². The van der Waals surface area contributed by atoms with Crippen LogP contribution in [0.15, 0.2) is 53.4 Å². The van der Waals surface area contributed by atoms with Crippen LogP contribution in [0.25, 0.3) is 0 Å². The van der Waals surface area contributed by atoms with Crippen LogP contribution < -0.4 is 4.31 Å². The number of sulfonamides is 1. The van der Waals surface area contributed by atoms with Crippen LogP contribution in [0, 0.1) is 12.7 Å². The molecule has 2 aromatic carbocycles. The topological polar surface area (TPSA) is 57.6 Å². The molecule has 0 amide bonds. The fraction of sp³-hybridized carbons (Fsp3) is 0.200. The molecule has 0 unspecified atom stereocenters. The van der Waals surface area contributed by atoms with Gasteiger partial charge in [-0.3, -0.25) is 4.31 Å². The van der Waals surface area contributed by atoms with Gasteiger partial charge in [-0.05, 0) is 37.3 Å². The molecule has 0 fully saturated rings. The maximum Gasteiger partial charge on any atom is 0.264 e. The van der Waals surface area contributed by atoms with Crippen molar-refractivity contribution in [1.82, 2.24) is 0 Å². The van der Waals surface area contributed by atoms with E-state index in [2.05, 4.69) is 0 Å². The van der Waals surface area contributed by atoms with Crippen molar-refractivity contribution in [2.75, 3.05) is 17.5 Å². The molecule has 1 N–H and O–H groups in total. The Balaban J connectivity index is 2.48. The molecular weight excluding hydrogens is 293 g/mol. The Morgan fingerprint density at radius 1 is 1.14 bits per heavy atom. The second kappa shape index (κ2) is 6.24. The summed E-state index contributed by atoms with van der Waals surface area (Å²) in [5, 5.41) is 9.12. The van der Waals surface area contributed by atoms with Gasteiger partial charge in [0.15, 0.2) is 0 Å². The Morgan fingerprint density at radius 3 is 2.38 bits per heavy atom. The van der Waals surface area contributed by atoms with E-state index in [-0.39, 0.29) is 23.7 Å². The monoisotopic (exact) mass is 309 g/mol. The molecule has 0 bridgehead atoms. The predicted molar refractivity (Wildman–Crippen MR) is 79.2 cm³/mol. The first-order valence-corrected chi connectivity index (χ1v) is 7.85. The number of aryl methyl sites for hydroxylation is 1. The molecule has 2 aromatic rings. The van der Waals surface area contributed by atoms with Gasteiger partial charge in [0.2, 0.25) is 0 Å². The maximum atomic E-state index is 13.3. The fourth-order valence-corrected chi connectivity index (χ4v) is 3.40. The summed E-state index contributed by atoms with van der Waals surface area (Å²) in [4.78, 5) is 0.103. The highest BCUT2D eigenvalue weighted by Crippen LogP contribution is 2.24. The third-order valence-corrected chi connectivity index (χ3v) is 4.85. The van der Waals surface area contributed by atoms with Gasteiger partial charge in [-0.15, -0.1) is 0 Å². The first kappa shape index (κ1) is 15.5. The number of hydrogen-bond acceptors (Lipinski definition) is 3. The molecule has 0 aromatic heterocycles. The van der Waals surface area contributed by atoms with Crippen molar-refractivity contribution in [3.05, 3.63) is 59.9 Å². The summed E-state index contributed by atoms with van der Waals surface area (Å²) in [6.45, 7) is 1.36. The van der Waals surface area contributed by atoms with E-state index in [9.17, 15) is 12.8 Å². The molecule has 0 aliphatic carbocycles. The molecule has 4 nitrogen and oxygen atoms in total. The third-order valence-electron chi connectivity index (χ3n) is 3.01. The van der Waals surface area contributed by atoms with E-state index in [0.29, 0.717) is 0 Å². The summed E-state index contributed by atoms with van der Waals surface area (Å²) >= 11 is 0. The Hall–Kier alpha value is -1.92. The average Bonchev–Trinajstić information content (AvgIpc) is 2.45. The van der Waals surface area contributed by atoms with E-state index >= 15 is 0 Å². The van der Waals surface area contributed by atoms with Crippen molar-refractivity contribution in [3.8, 4) is 0 Å². The minimum absolute atomic E-state index is 0.103. The lowest BCUT2D eigenvalue weighted by molar-refractivity contribution is 0.306. The molecular formula is C15H16FNO3S. The normalized spacial score (nSPS) is 11.4. The van der Waals surface area contributed by atoms with Crippen molar-refractivity contribution in [3.63, 3.8) is 0 Å². The lowest BCUT2D eigenvalue weighted by Crippen LogP contribution is -2.33. The van der Waals surface area contributed by atoms with E-state index in [4.69, 9.17) is 5.11 Å². The van der Waals surface area contributed by atoms with Gasteiger partial charge in [0.25, 0.3) is 10.0 Å². The van der Waals surface area contributed by atoms with E-state index in [1.165, 1.54) is 30.3 Å². The molecule has 21 heavy (non-hydrogen) atoms. The van der Waals surface area contributed by atoms with E-state index in [1.807, 2.05) is 6.92 Å². The Kier molecular flexibility index (Phi) is 4.59. The number of halogens is 1. The summed E-state index contributed by atoms with van der Waals surface area (Å²) in [6, 6.07) is 11.7. The first-order valence-electron chi connectivity index (χ1n) is 6.41. The van der Waals surface area contributed by atoms with Crippen molar-refractivity contribution in [1.29, 1.82) is 0 Å². The smallest absolute Gasteiger partial charge is 0.264 e. The Morgan fingerprint density at radius 2 is 1.81 bits per heavy atom. The van der Waals surface area contributed by atoms with Crippen LogP contribution in [-0.4, -0.2) is 26.7 Å². The number of aliphatic hydroxyl groups excluding tert-OH is 1. The summed E-state index contributed by atoms with van der Waals surface area (Å²) in [5.41, 5.74) is 1.12. The lowest BCUT2D eigenvalue weighted by Gasteiger charge is -2.23. The van der Waals surface area contributed by atoms with Gasteiger partial charge in [0.05, 0.1) is 23.7 Å². The van der Waals surface area contributed by atoms with Crippen LogP contribution in [0.5, 0.6) is 0 Å². The minimum Gasteiger partial charge on any atom is -0.394 e. The van der Waals surface area contributed by atoms with Crippen LogP contribution in [0.2, 0.25) is 0 Å². The van der Waals surface area contributed by atoms with E-state index in [0.717, 1.165) is 15.9 Å². The lowest BCUT2D eigenvalue weighted by atomic mass is 10.2. The SMILES string of the molecule is Cc1ccc(S(=O)(=O)N(CCO)c2cccc(F)c2)cc1. The van der Waals surface area contributed by atoms with Gasteiger partial charge < -0.3 is 5.11 Å². The highest BCUT2D eigenvalue weighted by atomic mass is 32.2. The van der Waals surface area contributed by atoms with Gasteiger partial charge in [-0.25, -0.2) is 12.8 Å². The molecule has 0 atom stereocenters. The molecule has 0 heterocycles. The molecule has 112 valence electrons. The Bertz CT molecular complexity index is 714. The van der Waals surface area contributed by atoms with Crippen molar-refractivity contribution in [2.45, 2.75) is 11.8 Å². The average molecular weight is 309 g/mol. The quantitative estimate of drug-likeness (QED) is 0.922. The molecule has 0 aliphatic rings. The number of hydrogen-bond donors (Lipinski definition) is 1. The van der Waals surface area contributed by atoms with E-state index < -0.39 is 15.8 Å². The highest BCUT2D eigenvalue weighted by Gasteiger charge is 2.24. The highest BCUT2D eigenvalue weighted by molar-refractivity contribution is 7.92. The second-order valence-corrected chi connectivity index (χ2v) is 6.46. The van der Waals surface area contributed by atoms with Crippen LogP contribution in [0.3, 0.4) is 0 Å². The van der Waals surface area contributed by atoms with Gasteiger partial charge >= 0.3 is 0 Å². The van der Waals surface area contributed by atoms with Gasteiger partial charge in [-0.1, -0.05) is 23.8 Å². The molecule has 0 aliphatic heterocycles. The zero-order chi connectivity index (χ0) is 15.5. The molecule has 0 saturated carbocycles. The third kappa shape index (κ3) is 3.40. The number of aliphatic hydroxyl groups is 1.